The molecule has 0 amide bonds. The Morgan fingerprint density at radius 3 is 2.06 bits per heavy atom. The maximum atomic E-state index is 13.3. The van der Waals surface area contributed by atoms with Gasteiger partial charge in [0, 0.05) is 12.4 Å². The van der Waals surface area contributed by atoms with E-state index in [-0.39, 0.29) is 0 Å². The number of pyridine rings is 1. The molecule has 78 valence electrons. The van der Waals surface area contributed by atoms with Gasteiger partial charge in [-0.3, -0.25) is 4.98 Å². The van der Waals surface area contributed by atoms with Gasteiger partial charge in [-0.1, -0.05) is 0 Å². The zero-order valence-corrected chi connectivity index (χ0v) is 8.11. The van der Waals surface area contributed by atoms with E-state index in [9.17, 15) is 8.78 Å². The van der Waals surface area contributed by atoms with Crippen molar-refractivity contribution in [2.24, 2.45) is 0 Å². The van der Waals surface area contributed by atoms with Crippen molar-refractivity contribution in [3.05, 3.63) is 53.9 Å². The van der Waals surface area contributed by atoms with Crippen molar-refractivity contribution >= 4 is 0 Å². The van der Waals surface area contributed by atoms with E-state index in [0.29, 0.717) is 11.1 Å². The summed E-state index contributed by atoms with van der Waals surface area (Å²) in [6.07, 6.45) is 3.06. The fourth-order valence-corrected chi connectivity index (χ4v) is 1.39. The minimum absolute atomic E-state index is 0.386. The van der Waals surface area contributed by atoms with Crippen LogP contribution in [-0.2, 0) is 0 Å². The highest BCUT2D eigenvalue weighted by atomic mass is 19.1. The molecule has 2 aromatic rings. The number of halogens is 2. The molecule has 0 fully saturated rings. The molecule has 1 aromatic heterocycles. The first-order valence-electron chi connectivity index (χ1n) is 4.52. The number of nitrogens with zero attached hydrogens (tertiary/aromatic N) is 2. The molecule has 0 aliphatic rings. The summed E-state index contributed by atoms with van der Waals surface area (Å²) in [6.45, 7) is 0. The van der Waals surface area contributed by atoms with Crippen molar-refractivity contribution in [1.82, 2.24) is 4.98 Å². The molecule has 16 heavy (non-hydrogen) atoms. The highest BCUT2D eigenvalue weighted by Crippen LogP contribution is 2.23. The molecule has 2 rings (SSSR count). The summed E-state index contributed by atoms with van der Waals surface area (Å²) in [6, 6.07) is 7.03. The highest BCUT2D eigenvalue weighted by Gasteiger charge is 2.11. The van der Waals surface area contributed by atoms with Gasteiger partial charge in [0.25, 0.3) is 0 Å². The Balaban J connectivity index is 2.58. The zero-order chi connectivity index (χ0) is 11.5. The Morgan fingerprint density at radius 2 is 1.56 bits per heavy atom. The van der Waals surface area contributed by atoms with Gasteiger partial charge < -0.3 is 0 Å². The number of nitriles is 1. The SMILES string of the molecule is N#Cc1c(F)cc(-c2ccncc2)cc1F. The summed E-state index contributed by atoms with van der Waals surface area (Å²) in [5.41, 5.74) is 0.478. The summed E-state index contributed by atoms with van der Waals surface area (Å²) in [7, 11) is 0. The molecule has 1 heterocycles. The standard InChI is InChI=1S/C12H6F2N2/c13-11-5-9(6-12(14)10(11)7-15)8-1-3-16-4-2-8/h1-6H. The Kier molecular flexibility index (Phi) is 2.61. The molecule has 0 atom stereocenters. The lowest BCUT2D eigenvalue weighted by Crippen LogP contribution is -1.91. The summed E-state index contributed by atoms with van der Waals surface area (Å²) >= 11 is 0. The maximum absolute atomic E-state index is 13.3. The largest absolute Gasteiger partial charge is 0.265 e. The van der Waals surface area contributed by atoms with Gasteiger partial charge in [0.2, 0.25) is 0 Å². The Bertz CT molecular complexity index is 536. The lowest BCUT2D eigenvalue weighted by atomic mass is 10.0. The fraction of sp³-hybridized carbons (Fsp3) is 0. The Labute approximate surface area is 90.8 Å². The molecule has 0 unspecified atom stereocenters. The monoisotopic (exact) mass is 216 g/mol. The average Bonchev–Trinajstić information content (AvgIpc) is 2.30. The third-order valence-corrected chi connectivity index (χ3v) is 2.17. The smallest absolute Gasteiger partial charge is 0.144 e. The van der Waals surface area contributed by atoms with Gasteiger partial charge >= 0.3 is 0 Å². The Hall–Kier alpha value is -2.28. The highest BCUT2D eigenvalue weighted by molar-refractivity contribution is 5.64. The van der Waals surface area contributed by atoms with Crippen molar-refractivity contribution < 1.29 is 8.78 Å². The number of aromatic nitrogens is 1. The van der Waals surface area contributed by atoms with Gasteiger partial charge in [0.15, 0.2) is 0 Å². The number of hydrogen-bond donors (Lipinski definition) is 0. The van der Waals surface area contributed by atoms with Crippen molar-refractivity contribution in [2.75, 3.05) is 0 Å². The van der Waals surface area contributed by atoms with Gasteiger partial charge in [0.1, 0.15) is 23.3 Å². The summed E-state index contributed by atoms with van der Waals surface area (Å²) in [5.74, 6) is -1.70. The van der Waals surface area contributed by atoms with E-state index in [1.165, 1.54) is 18.5 Å². The van der Waals surface area contributed by atoms with Gasteiger partial charge in [0.05, 0.1) is 0 Å². The lowest BCUT2D eigenvalue weighted by Gasteiger charge is -2.03. The lowest BCUT2D eigenvalue weighted by molar-refractivity contribution is 0.577. The van der Waals surface area contributed by atoms with Crippen LogP contribution in [0.3, 0.4) is 0 Å². The van der Waals surface area contributed by atoms with E-state index in [0.717, 1.165) is 12.1 Å². The zero-order valence-electron chi connectivity index (χ0n) is 8.11. The van der Waals surface area contributed by atoms with Crippen molar-refractivity contribution in [3.63, 3.8) is 0 Å². The van der Waals surface area contributed by atoms with Crippen LogP contribution >= 0.6 is 0 Å². The van der Waals surface area contributed by atoms with Crippen LogP contribution in [-0.4, -0.2) is 4.98 Å². The second-order valence-electron chi connectivity index (χ2n) is 3.16. The van der Waals surface area contributed by atoms with Crippen LogP contribution in [0.4, 0.5) is 8.78 Å². The molecule has 1 aromatic carbocycles. The first-order valence-corrected chi connectivity index (χ1v) is 4.52. The van der Waals surface area contributed by atoms with Gasteiger partial charge in [-0.25, -0.2) is 8.78 Å². The normalized spacial score (nSPS) is 9.81. The molecule has 0 spiro atoms. The van der Waals surface area contributed by atoms with Crippen LogP contribution in [0, 0.1) is 23.0 Å². The van der Waals surface area contributed by atoms with E-state index in [1.54, 1.807) is 12.1 Å². The second kappa shape index (κ2) is 4.07. The predicted octanol–water partition coefficient (Wildman–Crippen LogP) is 2.90. The topological polar surface area (TPSA) is 36.7 Å². The molecule has 0 aliphatic heterocycles. The third kappa shape index (κ3) is 1.75. The van der Waals surface area contributed by atoms with E-state index < -0.39 is 17.2 Å². The first kappa shape index (κ1) is 10.2. The Morgan fingerprint density at radius 1 is 1.00 bits per heavy atom. The molecular formula is C12H6F2N2. The molecular weight excluding hydrogens is 210 g/mol. The van der Waals surface area contributed by atoms with E-state index in [1.807, 2.05) is 0 Å². The number of rotatable bonds is 1. The molecule has 0 aliphatic carbocycles. The maximum Gasteiger partial charge on any atom is 0.144 e. The van der Waals surface area contributed by atoms with Crippen molar-refractivity contribution in [1.29, 1.82) is 5.26 Å². The first-order chi connectivity index (χ1) is 7.72. The average molecular weight is 216 g/mol. The van der Waals surface area contributed by atoms with Crippen LogP contribution in [0.5, 0.6) is 0 Å². The molecule has 4 heteroatoms. The summed E-state index contributed by atoms with van der Waals surface area (Å²) in [5, 5.41) is 8.52. The minimum atomic E-state index is -0.852. The van der Waals surface area contributed by atoms with Crippen molar-refractivity contribution in [3.8, 4) is 17.2 Å². The molecule has 0 radical (unpaired) electrons. The van der Waals surface area contributed by atoms with Crippen LogP contribution < -0.4 is 0 Å². The minimum Gasteiger partial charge on any atom is -0.265 e. The third-order valence-electron chi connectivity index (χ3n) is 2.17. The van der Waals surface area contributed by atoms with Gasteiger partial charge in [-0.15, -0.1) is 0 Å². The fourth-order valence-electron chi connectivity index (χ4n) is 1.39. The van der Waals surface area contributed by atoms with Crippen LogP contribution in [0.15, 0.2) is 36.7 Å². The molecule has 0 saturated heterocycles. The summed E-state index contributed by atoms with van der Waals surface area (Å²) < 4.78 is 26.6. The van der Waals surface area contributed by atoms with E-state index in [2.05, 4.69) is 4.98 Å². The van der Waals surface area contributed by atoms with E-state index in [4.69, 9.17) is 5.26 Å². The van der Waals surface area contributed by atoms with Gasteiger partial charge in [-0.05, 0) is 35.4 Å². The van der Waals surface area contributed by atoms with E-state index >= 15 is 0 Å². The molecule has 0 N–H and O–H groups in total. The second-order valence-corrected chi connectivity index (χ2v) is 3.16. The van der Waals surface area contributed by atoms with Crippen LogP contribution in [0.1, 0.15) is 5.56 Å². The van der Waals surface area contributed by atoms with Crippen LogP contribution in [0.2, 0.25) is 0 Å². The van der Waals surface area contributed by atoms with Gasteiger partial charge in [-0.2, -0.15) is 5.26 Å². The quantitative estimate of drug-likeness (QED) is 0.734. The molecule has 0 saturated carbocycles. The number of hydrogen-bond acceptors (Lipinski definition) is 2. The number of benzene rings is 1. The van der Waals surface area contributed by atoms with Crippen molar-refractivity contribution in [2.45, 2.75) is 0 Å². The van der Waals surface area contributed by atoms with Crippen LogP contribution in [0.25, 0.3) is 11.1 Å². The molecule has 0 bridgehead atoms. The predicted molar refractivity (Wildman–Crippen MR) is 54.3 cm³/mol. The summed E-state index contributed by atoms with van der Waals surface area (Å²) in [4.78, 5) is 3.81. The molecule has 2 nitrogen and oxygen atoms in total.